The van der Waals surface area contributed by atoms with Crippen LogP contribution in [0.5, 0.6) is 5.75 Å². The Kier molecular flexibility index (Phi) is 4.23. The second-order valence-electron chi connectivity index (χ2n) is 6.63. The molecule has 4 atom stereocenters. The molecule has 2 bridgehead atoms. The molecule has 1 aromatic carbocycles. The van der Waals surface area contributed by atoms with Crippen molar-refractivity contribution in [3.05, 3.63) is 39.3 Å². The zero-order valence-electron chi connectivity index (χ0n) is 13.7. The van der Waals surface area contributed by atoms with Crippen LogP contribution in [0, 0.1) is 23.7 Å². The smallest absolute Gasteiger partial charge is 0.308 e. The van der Waals surface area contributed by atoms with E-state index in [1.807, 2.05) is 12.2 Å². The summed E-state index contributed by atoms with van der Waals surface area (Å²) in [5.41, 5.74) is 0.387. The average molecular weight is 438 g/mol. The third kappa shape index (κ3) is 2.70. The average Bonchev–Trinajstić information content (AvgIpc) is 3.23. The summed E-state index contributed by atoms with van der Waals surface area (Å²) in [5, 5.41) is 5.43. The molecule has 1 heterocycles. The van der Waals surface area contributed by atoms with Crippen molar-refractivity contribution in [2.75, 3.05) is 0 Å². The summed E-state index contributed by atoms with van der Waals surface area (Å²) in [6, 6.07) is 3.13. The highest BCUT2D eigenvalue weighted by molar-refractivity contribution is 9.10. The molecule has 1 saturated carbocycles. The monoisotopic (exact) mass is 436 g/mol. The Hall–Kier alpha value is -1.99. The van der Waals surface area contributed by atoms with Gasteiger partial charge in [0.15, 0.2) is 5.75 Å². The molecule has 134 valence electrons. The van der Waals surface area contributed by atoms with E-state index in [0.29, 0.717) is 15.1 Å². The Morgan fingerprint density at radius 3 is 2.46 bits per heavy atom. The first kappa shape index (κ1) is 17.4. The number of fused-ring (bicyclic) bond motifs is 5. The fraction of sp³-hybridized carbons (Fsp3) is 0.333. The van der Waals surface area contributed by atoms with Crippen molar-refractivity contribution in [3.8, 4) is 5.75 Å². The van der Waals surface area contributed by atoms with Gasteiger partial charge in [-0.15, -0.1) is 0 Å². The van der Waals surface area contributed by atoms with Crippen molar-refractivity contribution in [1.29, 1.82) is 0 Å². The molecular weight excluding hydrogens is 424 g/mol. The molecule has 8 heteroatoms. The SMILES string of the molecule is CC(=O)Oc1c(Br)cc(Cl)cc1C=NN1C(=O)C2C3C=CC(C3)C2C1=O. The maximum atomic E-state index is 12.6. The molecular formula is C18H14BrClN2O4. The molecule has 2 fully saturated rings. The number of nitrogens with zero attached hydrogens (tertiary/aromatic N) is 2. The van der Waals surface area contributed by atoms with Crippen LogP contribution in [0.4, 0.5) is 0 Å². The van der Waals surface area contributed by atoms with Crippen LogP contribution in [0.3, 0.4) is 0 Å². The summed E-state index contributed by atoms with van der Waals surface area (Å²) >= 11 is 9.34. The second kappa shape index (κ2) is 6.32. The quantitative estimate of drug-likeness (QED) is 0.239. The Bertz CT molecular complexity index is 867. The summed E-state index contributed by atoms with van der Waals surface area (Å²) < 4.78 is 5.66. The van der Waals surface area contributed by atoms with Crippen molar-refractivity contribution < 1.29 is 19.1 Å². The maximum Gasteiger partial charge on any atom is 0.308 e. The molecule has 0 N–H and O–H groups in total. The lowest BCUT2D eigenvalue weighted by Gasteiger charge is -2.13. The van der Waals surface area contributed by atoms with Gasteiger partial charge in [-0.05, 0) is 46.3 Å². The van der Waals surface area contributed by atoms with Crippen molar-refractivity contribution in [2.45, 2.75) is 13.3 Å². The van der Waals surface area contributed by atoms with E-state index in [2.05, 4.69) is 21.0 Å². The Morgan fingerprint density at radius 1 is 1.27 bits per heavy atom. The van der Waals surface area contributed by atoms with Crippen molar-refractivity contribution in [1.82, 2.24) is 5.01 Å². The standard InChI is InChI=1S/C18H14BrClN2O4/c1-8(23)26-16-11(5-12(20)6-13(16)19)7-21-22-17(24)14-9-2-3-10(4-9)15(14)18(22)25/h2-3,5-7,9-10,14-15H,4H2,1H3. The van der Waals surface area contributed by atoms with E-state index in [1.54, 1.807) is 12.1 Å². The van der Waals surface area contributed by atoms with Gasteiger partial charge in [0.25, 0.3) is 11.8 Å². The van der Waals surface area contributed by atoms with Gasteiger partial charge in [-0.1, -0.05) is 23.8 Å². The minimum absolute atomic E-state index is 0.124. The van der Waals surface area contributed by atoms with Gasteiger partial charge >= 0.3 is 5.97 Å². The number of amides is 2. The number of halogens is 2. The molecule has 0 aromatic heterocycles. The zero-order chi connectivity index (χ0) is 18.6. The Labute approximate surface area is 162 Å². The van der Waals surface area contributed by atoms with Crippen molar-refractivity contribution >= 4 is 51.5 Å². The van der Waals surface area contributed by atoms with Crippen LogP contribution in [0.15, 0.2) is 33.9 Å². The molecule has 0 radical (unpaired) electrons. The maximum absolute atomic E-state index is 12.6. The number of hydrazone groups is 1. The summed E-state index contributed by atoms with van der Waals surface area (Å²) in [7, 11) is 0. The molecule has 4 unspecified atom stereocenters. The third-order valence-electron chi connectivity index (χ3n) is 5.04. The number of esters is 1. The van der Waals surface area contributed by atoms with Gasteiger partial charge in [0.1, 0.15) is 0 Å². The molecule has 0 spiro atoms. The lowest BCUT2D eigenvalue weighted by molar-refractivity contribution is -0.140. The molecule has 1 aromatic rings. The number of hydrogen-bond donors (Lipinski definition) is 0. The van der Waals surface area contributed by atoms with Gasteiger partial charge in [-0.25, -0.2) is 0 Å². The fourth-order valence-corrected chi connectivity index (χ4v) is 4.96. The van der Waals surface area contributed by atoms with E-state index in [1.165, 1.54) is 13.1 Å². The molecule has 3 aliphatic rings. The number of ether oxygens (including phenoxy) is 1. The molecule has 1 saturated heterocycles. The van der Waals surface area contributed by atoms with Crippen LogP contribution in [-0.2, 0) is 14.4 Å². The van der Waals surface area contributed by atoms with Crippen LogP contribution in [0.2, 0.25) is 5.02 Å². The highest BCUT2D eigenvalue weighted by atomic mass is 79.9. The highest BCUT2D eigenvalue weighted by Gasteiger charge is 2.59. The van der Waals surface area contributed by atoms with Crippen LogP contribution in [0.25, 0.3) is 0 Å². The molecule has 2 amide bonds. The molecule has 1 aliphatic heterocycles. The van der Waals surface area contributed by atoms with Crippen LogP contribution in [-0.4, -0.2) is 29.0 Å². The normalized spacial score (nSPS) is 29.1. The van der Waals surface area contributed by atoms with E-state index in [4.69, 9.17) is 16.3 Å². The molecule has 2 aliphatic carbocycles. The van der Waals surface area contributed by atoms with Gasteiger partial charge in [0.2, 0.25) is 0 Å². The van der Waals surface area contributed by atoms with Crippen molar-refractivity contribution in [2.24, 2.45) is 28.8 Å². The van der Waals surface area contributed by atoms with Gasteiger partial charge in [-0.3, -0.25) is 14.4 Å². The third-order valence-corrected chi connectivity index (χ3v) is 5.85. The summed E-state index contributed by atoms with van der Waals surface area (Å²) in [6.07, 6.45) is 6.23. The van der Waals surface area contributed by atoms with Gasteiger partial charge in [0.05, 0.1) is 22.5 Å². The van der Waals surface area contributed by atoms with E-state index in [9.17, 15) is 14.4 Å². The van der Waals surface area contributed by atoms with Crippen LogP contribution >= 0.6 is 27.5 Å². The number of carbonyl (C=O) groups is 3. The number of allylic oxidation sites excluding steroid dienone is 2. The first-order chi connectivity index (χ1) is 12.4. The number of carbonyl (C=O) groups excluding carboxylic acids is 3. The van der Waals surface area contributed by atoms with Gasteiger partial charge in [0, 0.05) is 17.5 Å². The first-order valence-corrected chi connectivity index (χ1v) is 9.31. The lowest BCUT2D eigenvalue weighted by atomic mass is 9.85. The molecule has 6 nitrogen and oxygen atoms in total. The fourth-order valence-electron chi connectivity index (χ4n) is 4.05. The van der Waals surface area contributed by atoms with Gasteiger partial charge < -0.3 is 4.74 Å². The topological polar surface area (TPSA) is 76.0 Å². The van der Waals surface area contributed by atoms with E-state index >= 15 is 0 Å². The largest absolute Gasteiger partial charge is 0.425 e. The van der Waals surface area contributed by atoms with E-state index in [0.717, 1.165) is 11.4 Å². The summed E-state index contributed by atoms with van der Waals surface area (Å²) in [6.45, 7) is 1.28. The van der Waals surface area contributed by atoms with E-state index < -0.39 is 5.97 Å². The predicted octanol–water partition coefficient (Wildman–Crippen LogP) is 3.17. The van der Waals surface area contributed by atoms with Crippen LogP contribution < -0.4 is 4.74 Å². The number of benzene rings is 1. The van der Waals surface area contributed by atoms with E-state index in [-0.39, 0.29) is 41.2 Å². The Morgan fingerprint density at radius 2 is 1.88 bits per heavy atom. The minimum atomic E-state index is -0.506. The zero-order valence-corrected chi connectivity index (χ0v) is 16.0. The summed E-state index contributed by atoms with van der Waals surface area (Å²) in [5.74, 6) is -1.20. The predicted molar refractivity (Wildman–Crippen MR) is 97.6 cm³/mol. The lowest BCUT2D eigenvalue weighted by Crippen LogP contribution is -2.28. The summed E-state index contributed by atoms with van der Waals surface area (Å²) in [4.78, 5) is 36.6. The minimum Gasteiger partial charge on any atom is -0.425 e. The van der Waals surface area contributed by atoms with Crippen molar-refractivity contribution in [3.63, 3.8) is 0 Å². The number of rotatable bonds is 3. The van der Waals surface area contributed by atoms with Crippen LogP contribution in [0.1, 0.15) is 18.9 Å². The second-order valence-corrected chi connectivity index (χ2v) is 7.92. The number of imide groups is 1. The number of hydrogen-bond acceptors (Lipinski definition) is 5. The first-order valence-electron chi connectivity index (χ1n) is 8.14. The molecule has 26 heavy (non-hydrogen) atoms. The highest BCUT2D eigenvalue weighted by Crippen LogP contribution is 2.52. The van der Waals surface area contributed by atoms with Gasteiger partial charge in [-0.2, -0.15) is 10.1 Å². The molecule has 4 rings (SSSR count). The Balaban J connectivity index is 1.64.